The van der Waals surface area contributed by atoms with Crippen LogP contribution in [0.25, 0.3) is 0 Å². The molecule has 186 valence electrons. The van der Waals surface area contributed by atoms with Crippen molar-refractivity contribution in [3.05, 3.63) is 87.6 Å². The molecule has 1 amide bonds. The van der Waals surface area contributed by atoms with E-state index in [0.29, 0.717) is 24.5 Å². The number of carbonyl (C=O) groups is 2. The fraction of sp³-hybridized carbons (Fsp3) is 0.231. The SMILES string of the molecule is COCCCn1cc(C(=O)c2cc(F)ccc2OCC(=O)Nc2ccc(OC)cc2)cc(C#N)c1=O. The molecule has 0 bridgehead atoms. The zero-order chi connectivity index (χ0) is 26.1. The Morgan fingerprint density at radius 2 is 1.86 bits per heavy atom. The summed E-state index contributed by atoms with van der Waals surface area (Å²) < 4.78 is 30.9. The molecule has 9 nitrogen and oxygen atoms in total. The van der Waals surface area contributed by atoms with Gasteiger partial charge >= 0.3 is 0 Å². The van der Waals surface area contributed by atoms with Gasteiger partial charge in [0.2, 0.25) is 0 Å². The third-order valence-corrected chi connectivity index (χ3v) is 5.13. The molecule has 0 aliphatic rings. The Morgan fingerprint density at radius 3 is 2.53 bits per heavy atom. The highest BCUT2D eigenvalue weighted by molar-refractivity contribution is 6.10. The van der Waals surface area contributed by atoms with Crippen molar-refractivity contribution in [1.82, 2.24) is 4.57 Å². The van der Waals surface area contributed by atoms with Crippen LogP contribution in [-0.4, -0.2) is 43.7 Å². The second-order valence-electron chi connectivity index (χ2n) is 7.63. The lowest BCUT2D eigenvalue weighted by atomic mass is 10.0. The average Bonchev–Trinajstić information content (AvgIpc) is 2.89. The minimum absolute atomic E-state index is 0.00158. The second-order valence-corrected chi connectivity index (χ2v) is 7.63. The predicted molar refractivity (Wildman–Crippen MR) is 129 cm³/mol. The van der Waals surface area contributed by atoms with Gasteiger partial charge in [0, 0.05) is 37.7 Å². The van der Waals surface area contributed by atoms with Crippen LogP contribution in [-0.2, 0) is 16.1 Å². The molecule has 1 N–H and O–H groups in total. The van der Waals surface area contributed by atoms with Crippen LogP contribution in [0.4, 0.5) is 10.1 Å². The fourth-order valence-corrected chi connectivity index (χ4v) is 3.36. The van der Waals surface area contributed by atoms with Gasteiger partial charge in [-0.15, -0.1) is 0 Å². The molecule has 1 heterocycles. The highest BCUT2D eigenvalue weighted by atomic mass is 19.1. The number of ketones is 1. The van der Waals surface area contributed by atoms with Crippen molar-refractivity contribution in [2.45, 2.75) is 13.0 Å². The zero-order valence-electron chi connectivity index (χ0n) is 19.7. The van der Waals surface area contributed by atoms with E-state index in [1.165, 1.54) is 31.0 Å². The van der Waals surface area contributed by atoms with Crippen LogP contribution >= 0.6 is 0 Å². The van der Waals surface area contributed by atoms with Gasteiger partial charge in [0.15, 0.2) is 12.4 Å². The monoisotopic (exact) mass is 493 g/mol. The minimum atomic E-state index is -0.692. The van der Waals surface area contributed by atoms with Crippen LogP contribution in [0.3, 0.4) is 0 Å². The molecule has 0 radical (unpaired) electrons. The Kier molecular flexibility index (Phi) is 8.91. The molecule has 0 fully saturated rings. The minimum Gasteiger partial charge on any atom is -0.497 e. The van der Waals surface area contributed by atoms with Crippen LogP contribution in [0.5, 0.6) is 11.5 Å². The topological polar surface area (TPSA) is 120 Å². The van der Waals surface area contributed by atoms with E-state index in [9.17, 15) is 24.0 Å². The normalized spacial score (nSPS) is 10.4. The maximum absolute atomic E-state index is 14.0. The lowest BCUT2D eigenvalue weighted by molar-refractivity contribution is -0.118. The molecule has 3 aromatic rings. The molecule has 0 saturated heterocycles. The van der Waals surface area contributed by atoms with E-state index in [4.69, 9.17) is 14.2 Å². The van der Waals surface area contributed by atoms with E-state index in [-0.39, 0.29) is 29.0 Å². The molecule has 1 aromatic heterocycles. The van der Waals surface area contributed by atoms with Crippen molar-refractivity contribution < 1.29 is 28.2 Å². The number of aryl methyl sites for hydroxylation is 1. The summed E-state index contributed by atoms with van der Waals surface area (Å²) in [6.07, 6.45) is 1.79. The van der Waals surface area contributed by atoms with Gasteiger partial charge in [-0.05, 0) is 55.0 Å². The quantitative estimate of drug-likeness (QED) is 0.322. The van der Waals surface area contributed by atoms with Crippen LogP contribution in [0.1, 0.15) is 27.9 Å². The second kappa shape index (κ2) is 12.3. The van der Waals surface area contributed by atoms with Gasteiger partial charge in [-0.25, -0.2) is 4.39 Å². The van der Waals surface area contributed by atoms with Crippen molar-refractivity contribution in [2.24, 2.45) is 0 Å². The third kappa shape index (κ3) is 6.55. The van der Waals surface area contributed by atoms with Gasteiger partial charge in [0.25, 0.3) is 11.5 Å². The van der Waals surface area contributed by atoms with Crippen LogP contribution < -0.4 is 20.3 Å². The number of rotatable bonds is 11. The van der Waals surface area contributed by atoms with Gasteiger partial charge in [-0.3, -0.25) is 14.4 Å². The first-order valence-corrected chi connectivity index (χ1v) is 10.9. The summed E-state index contributed by atoms with van der Waals surface area (Å²) in [6.45, 7) is 0.158. The van der Waals surface area contributed by atoms with E-state index in [1.54, 1.807) is 30.3 Å². The smallest absolute Gasteiger partial charge is 0.268 e. The molecule has 0 saturated carbocycles. The Bertz CT molecular complexity index is 1350. The predicted octanol–water partition coefficient (Wildman–Crippen LogP) is 3.15. The van der Waals surface area contributed by atoms with Crippen LogP contribution in [0, 0.1) is 17.1 Å². The van der Waals surface area contributed by atoms with Crippen molar-refractivity contribution in [1.29, 1.82) is 5.26 Å². The molecule has 3 rings (SSSR count). The Labute approximate surface area is 206 Å². The number of pyridine rings is 1. The highest BCUT2D eigenvalue weighted by Gasteiger charge is 2.20. The number of methoxy groups -OCH3 is 2. The average molecular weight is 493 g/mol. The molecule has 10 heteroatoms. The summed E-state index contributed by atoms with van der Waals surface area (Å²) in [5, 5.41) is 12.0. The van der Waals surface area contributed by atoms with Gasteiger partial charge in [0.05, 0.1) is 12.7 Å². The number of ether oxygens (including phenoxy) is 3. The number of carbonyl (C=O) groups excluding carboxylic acids is 2. The third-order valence-electron chi connectivity index (χ3n) is 5.13. The fourth-order valence-electron chi connectivity index (χ4n) is 3.36. The number of hydrogen-bond donors (Lipinski definition) is 1. The molecular weight excluding hydrogens is 469 g/mol. The van der Waals surface area contributed by atoms with E-state index in [2.05, 4.69) is 5.32 Å². The molecule has 0 unspecified atom stereocenters. The van der Waals surface area contributed by atoms with Gasteiger partial charge in [0.1, 0.15) is 28.9 Å². The first kappa shape index (κ1) is 26.1. The Morgan fingerprint density at radius 1 is 1.11 bits per heavy atom. The summed E-state index contributed by atoms with van der Waals surface area (Å²) in [7, 11) is 3.05. The van der Waals surface area contributed by atoms with Gasteiger partial charge < -0.3 is 24.1 Å². The number of anilines is 1. The lowest BCUT2D eigenvalue weighted by Crippen LogP contribution is -2.25. The highest BCUT2D eigenvalue weighted by Crippen LogP contribution is 2.24. The summed E-state index contributed by atoms with van der Waals surface area (Å²) in [5.41, 5.74) is -0.411. The number of halogens is 1. The van der Waals surface area contributed by atoms with Gasteiger partial charge in [-0.2, -0.15) is 5.26 Å². The molecule has 0 spiro atoms. The van der Waals surface area contributed by atoms with E-state index >= 15 is 0 Å². The zero-order valence-corrected chi connectivity index (χ0v) is 19.7. The lowest BCUT2D eigenvalue weighted by Gasteiger charge is -2.13. The summed E-state index contributed by atoms with van der Waals surface area (Å²) in [4.78, 5) is 38.0. The number of hydrogen-bond acceptors (Lipinski definition) is 7. The standard InChI is InChI=1S/C26H24FN3O6/c1-34-11-3-10-30-15-18(12-17(14-28)26(30)33)25(32)22-13-19(27)4-9-23(22)36-16-24(31)29-20-5-7-21(35-2)8-6-20/h4-9,12-13,15H,3,10-11,16H2,1-2H3,(H,29,31). The molecule has 0 aliphatic heterocycles. The first-order valence-electron chi connectivity index (χ1n) is 10.9. The number of nitriles is 1. The molecule has 0 aliphatic carbocycles. The van der Waals surface area contributed by atoms with Crippen molar-refractivity contribution in [3.63, 3.8) is 0 Å². The van der Waals surface area contributed by atoms with Crippen LogP contribution in [0.2, 0.25) is 0 Å². The largest absolute Gasteiger partial charge is 0.497 e. The summed E-state index contributed by atoms with van der Waals surface area (Å²) in [5.74, 6) is -1.26. The number of aromatic nitrogens is 1. The maximum atomic E-state index is 14.0. The van der Waals surface area contributed by atoms with E-state index < -0.39 is 29.7 Å². The number of nitrogens with one attached hydrogen (secondary N) is 1. The molecule has 2 aromatic carbocycles. The number of nitrogens with zero attached hydrogens (tertiary/aromatic N) is 2. The maximum Gasteiger partial charge on any atom is 0.268 e. The van der Waals surface area contributed by atoms with E-state index in [0.717, 1.165) is 18.2 Å². The van der Waals surface area contributed by atoms with Crippen molar-refractivity contribution in [3.8, 4) is 17.6 Å². The van der Waals surface area contributed by atoms with Crippen LogP contribution in [0.15, 0.2) is 59.5 Å². The first-order chi connectivity index (χ1) is 17.4. The molecule has 36 heavy (non-hydrogen) atoms. The number of amides is 1. The summed E-state index contributed by atoms with van der Waals surface area (Å²) >= 11 is 0. The van der Waals surface area contributed by atoms with E-state index in [1.807, 2.05) is 0 Å². The van der Waals surface area contributed by atoms with Gasteiger partial charge in [-0.1, -0.05) is 0 Å². The Balaban J connectivity index is 1.81. The molecule has 0 atom stereocenters. The molecular formula is C26H24FN3O6. The summed E-state index contributed by atoms with van der Waals surface area (Å²) in [6, 6.07) is 12.9. The van der Waals surface area contributed by atoms with Crippen molar-refractivity contribution >= 4 is 17.4 Å². The Hall–Kier alpha value is -4.49. The number of benzene rings is 2. The van der Waals surface area contributed by atoms with Crippen molar-refractivity contribution in [2.75, 3.05) is 32.8 Å².